The predicted molar refractivity (Wildman–Crippen MR) is 256 cm³/mol. The molecule has 5 rings (SSSR count). The molecule has 1 aliphatic carbocycles. The van der Waals surface area contributed by atoms with Crippen LogP contribution < -0.4 is 0 Å². The number of rotatable bonds is 7. The normalized spacial score (nSPS) is 38.8. The quantitative estimate of drug-likeness (QED) is 0.181. The zero-order chi connectivity index (χ0) is 50.6. The minimum atomic E-state index is -2.43. The third kappa shape index (κ3) is 14.2. The Morgan fingerprint density at radius 2 is 1.64 bits per heavy atom. The number of ketones is 3. The molecule has 15 atom stereocenters. The lowest BCUT2D eigenvalue weighted by molar-refractivity contribution is -0.265. The summed E-state index contributed by atoms with van der Waals surface area (Å²) in [5, 5.41) is 35.7. The highest BCUT2D eigenvalue weighted by Gasteiger charge is 2.53. The molecule has 0 radical (unpaired) electrons. The van der Waals surface area contributed by atoms with Crippen molar-refractivity contribution in [1.82, 2.24) is 25.1 Å². The minimum Gasteiger partial charge on any atom is -0.460 e. The molecule has 3 aliphatic heterocycles. The maximum absolute atomic E-state index is 14.5. The second kappa shape index (κ2) is 25.7. The number of tetrazole rings is 1. The molecule has 1 unspecified atom stereocenters. The van der Waals surface area contributed by atoms with E-state index in [1.165, 1.54) is 18.3 Å². The van der Waals surface area contributed by atoms with Gasteiger partial charge in [0.05, 0.1) is 24.4 Å². The van der Waals surface area contributed by atoms with Crippen LogP contribution in [0.2, 0.25) is 0 Å². The van der Waals surface area contributed by atoms with E-state index < -0.39 is 77.8 Å². The average molecular weight is 966 g/mol. The van der Waals surface area contributed by atoms with E-state index in [-0.39, 0.29) is 60.9 Å². The van der Waals surface area contributed by atoms with Gasteiger partial charge >= 0.3 is 5.97 Å². The van der Waals surface area contributed by atoms with Gasteiger partial charge in [0.25, 0.3) is 11.7 Å². The van der Waals surface area contributed by atoms with Crippen molar-refractivity contribution >= 4 is 29.2 Å². The Hall–Kier alpha value is -4.26. The molecule has 2 saturated heterocycles. The van der Waals surface area contributed by atoms with Crippen LogP contribution in [0.3, 0.4) is 0 Å². The molecule has 1 aromatic heterocycles. The summed E-state index contributed by atoms with van der Waals surface area (Å²) in [5.41, 5.74) is 1.27. The number of hydrogen-bond acceptors (Lipinski definition) is 15. The van der Waals surface area contributed by atoms with Gasteiger partial charge in [-0.15, -0.1) is 10.2 Å². The number of Topliss-reactive ketones (excluding diaryl/α,β-unsaturated/α-hetero) is 3. The van der Waals surface area contributed by atoms with E-state index in [4.69, 9.17) is 23.7 Å². The summed E-state index contributed by atoms with van der Waals surface area (Å²) in [6.45, 7) is 12.8. The Balaban J connectivity index is 1.46. The van der Waals surface area contributed by atoms with Crippen molar-refractivity contribution in [2.45, 2.75) is 180 Å². The Morgan fingerprint density at radius 1 is 0.884 bits per heavy atom. The number of esters is 1. The first kappa shape index (κ1) is 55.7. The van der Waals surface area contributed by atoms with Crippen molar-refractivity contribution in [3.05, 3.63) is 53.9 Å². The lowest BCUT2D eigenvalue weighted by Gasteiger charge is -2.42. The summed E-state index contributed by atoms with van der Waals surface area (Å²) in [6.07, 6.45) is 13.7. The molecule has 0 spiro atoms. The Kier molecular flexibility index (Phi) is 20.8. The van der Waals surface area contributed by atoms with Crippen molar-refractivity contribution in [3.8, 4) is 0 Å². The molecule has 1 aromatic rings. The van der Waals surface area contributed by atoms with Crippen molar-refractivity contribution < 1.29 is 57.9 Å². The van der Waals surface area contributed by atoms with Crippen molar-refractivity contribution in [3.63, 3.8) is 0 Å². The number of allylic oxidation sites excluding steroid dienone is 6. The van der Waals surface area contributed by atoms with Crippen LogP contribution in [0.1, 0.15) is 132 Å². The number of hydrogen-bond donors (Lipinski definition) is 2. The van der Waals surface area contributed by atoms with Crippen molar-refractivity contribution in [1.29, 1.82) is 0 Å². The molecule has 17 nitrogen and oxygen atoms in total. The van der Waals surface area contributed by atoms with Gasteiger partial charge in [-0.05, 0) is 112 Å². The predicted octanol–water partition coefficient (Wildman–Crippen LogP) is 6.05. The molecule has 69 heavy (non-hydrogen) atoms. The van der Waals surface area contributed by atoms with Gasteiger partial charge in [-0.25, -0.2) is 4.79 Å². The number of fused-ring (bicyclic) bond motifs is 3. The second-order valence-electron chi connectivity index (χ2n) is 20.3. The first-order valence-electron chi connectivity index (χ1n) is 25.0. The molecule has 0 aromatic carbocycles. The fourth-order valence-electron chi connectivity index (χ4n) is 10.7. The lowest BCUT2D eigenvalue weighted by atomic mass is 9.77. The number of methoxy groups -OCH3 is 3. The van der Waals surface area contributed by atoms with Gasteiger partial charge in [-0.1, -0.05) is 71.1 Å². The van der Waals surface area contributed by atoms with Crippen LogP contribution in [-0.4, -0.2) is 141 Å². The van der Waals surface area contributed by atoms with Crippen LogP contribution in [0.25, 0.3) is 0 Å². The maximum Gasteiger partial charge on any atom is 0.329 e. The summed E-state index contributed by atoms with van der Waals surface area (Å²) < 4.78 is 29.9. The molecule has 4 heterocycles. The number of amides is 1. The maximum atomic E-state index is 14.5. The van der Waals surface area contributed by atoms with Gasteiger partial charge in [-0.2, -0.15) is 4.80 Å². The third-order valence-electron chi connectivity index (χ3n) is 15.1. The summed E-state index contributed by atoms with van der Waals surface area (Å²) >= 11 is 0. The summed E-state index contributed by atoms with van der Waals surface area (Å²) in [5.74, 6) is -7.94. The minimum absolute atomic E-state index is 0.0168. The summed E-state index contributed by atoms with van der Waals surface area (Å²) in [7, 11) is 4.61. The second-order valence-corrected chi connectivity index (χ2v) is 20.3. The molecule has 1 saturated carbocycles. The molecule has 1 amide bonds. The van der Waals surface area contributed by atoms with Crippen LogP contribution in [0.5, 0.6) is 0 Å². The highest BCUT2D eigenvalue weighted by Crippen LogP contribution is 2.39. The van der Waals surface area contributed by atoms with Gasteiger partial charge in [0.15, 0.2) is 12.1 Å². The molecule has 2 bridgehead atoms. The van der Waals surface area contributed by atoms with E-state index in [0.29, 0.717) is 56.9 Å². The van der Waals surface area contributed by atoms with Crippen molar-refractivity contribution in [2.24, 2.45) is 35.5 Å². The zero-order valence-electron chi connectivity index (χ0n) is 42.5. The Labute approximate surface area is 408 Å². The Bertz CT molecular complexity index is 2020. The average Bonchev–Trinajstić information content (AvgIpc) is 3.88. The van der Waals surface area contributed by atoms with Gasteiger partial charge in [-0.3, -0.25) is 19.2 Å². The number of aliphatic hydroxyl groups excluding tert-OH is 1. The van der Waals surface area contributed by atoms with Gasteiger partial charge in [0, 0.05) is 58.5 Å². The fourth-order valence-corrected chi connectivity index (χ4v) is 10.7. The number of carbonyl (C=O) groups excluding carboxylic acids is 5. The number of cyclic esters (lactones) is 1. The number of piperidine rings is 1. The highest BCUT2D eigenvalue weighted by atomic mass is 16.6. The fraction of sp³-hybridized carbons (Fsp3) is 0.731. The van der Waals surface area contributed by atoms with E-state index >= 15 is 0 Å². The first-order valence-corrected chi connectivity index (χ1v) is 25.0. The molecular weight excluding hydrogens is 887 g/mol. The topological polar surface area (TPSA) is 219 Å². The van der Waals surface area contributed by atoms with Gasteiger partial charge in [0.2, 0.25) is 5.79 Å². The number of carbonyl (C=O) groups is 5. The first-order chi connectivity index (χ1) is 32.8. The van der Waals surface area contributed by atoms with E-state index in [1.807, 2.05) is 58.1 Å². The van der Waals surface area contributed by atoms with E-state index in [9.17, 15) is 34.2 Å². The Morgan fingerprint density at radius 3 is 2.32 bits per heavy atom. The lowest BCUT2D eigenvalue weighted by Crippen LogP contribution is -2.61. The third-order valence-corrected chi connectivity index (χ3v) is 15.1. The molecule has 3 fully saturated rings. The van der Waals surface area contributed by atoms with Crippen LogP contribution in [0, 0.1) is 35.5 Å². The van der Waals surface area contributed by atoms with Crippen LogP contribution in [0.15, 0.2) is 53.9 Å². The largest absolute Gasteiger partial charge is 0.460 e. The number of nitrogens with zero attached hydrogens (tertiary/aromatic N) is 5. The number of aromatic nitrogens is 4. The van der Waals surface area contributed by atoms with Gasteiger partial charge < -0.3 is 38.8 Å². The van der Waals surface area contributed by atoms with Crippen LogP contribution >= 0.6 is 0 Å². The van der Waals surface area contributed by atoms with Crippen LogP contribution in [-0.2, 0) is 47.7 Å². The molecule has 17 heteroatoms. The monoisotopic (exact) mass is 966 g/mol. The highest BCUT2D eigenvalue weighted by molar-refractivity contribution is 6.39. The zero-order valence-corrected chi connectivity index (χ0v) is 42.5. The van der Waals surface area contributed by atoms with E-state index in [0.717, 1.165) is 18.4 Å². The standard InChI is InChI=1S/C52H79N5O12/c1-31-16-12-11-13-17-32(2)43(65-8)28-39-21-19-37(7)52(64,69-39)49(61)50(62)56-23-15-14-18-41(56)51(63)68-44(34(4)26-38-20-22-40(45(27-38)66-9)57-54-30-53-55-57)29-42(58)33(3)25-36(6)47(60)48(67-10)46(59)35(5)24-31/h11-13,16-17,25,30-31,33-35,37-41,43-45,47-48,60,64H,14-15,18-24,26-29H2,1-10H3/b13-11+,16-12+,32-17+,36-25+/t31-,33-,34-,35-,37?,38+,39+,40+,41+,43+,44+,45-,47-,48+,52-/m1/s1. The summed E-state index contributed by atoms with van der Waals surface area (Å²) in [6, 6.07) is -1.24. The molecule has 384 valence electrons. The van der Waals surface area contributed by atoms with E-state index in [1.54, 1.807) is 45.9 Å². The van der Waals surface area contributed by atoms with Crippen molar-refractivity contribution in [2.75, 3.05) is 27.9 Å². The molecular formula is C52H79N5O12. The van der Waals surface area contributed by atoms with Gasteiger partial charge in [0.1, 0.15) is 30.1 Å². The smallest absolute Gasteiger partial charge is 0.329 e. The molecule has 2 N–H and O–H groups in total. The molecule has 4 aliphatic rings. The van der Waals surface area contributed by atoms with E-state index in [2.05, 4.69) is 15.4 Å². The number of aliphatic hydroxyl groups is 2. The van der Waals surface area contributed by atoms with Crippen LogP contribution in [0.4, 0.5) is 0 Å². The SMILES string of the molecule is CO[C@H]1C[C@@H]2CCC(C)[C@@](O)(O2)C(=O)C(=O)N2CCCC[C@H]2C(=O)O[C@H]([C@H](C)C[C@@H]2CC[C@H](n3ncnn3)[C@H](OC)C2)CC(=O)[C@H](C)/C=C(\C)[C@@H](O)[C@@H](OC)C(=O)[C@H](C)C[C@H](C)/C=C/C=C/C=C/1C. The number of ether oxygens (including phenoxy) is 5. The summed E-state index contributed by atoms with van der Waals surface area (Å²) in [4.78, 5) is 73.9.